The molecule has 0 N–H and O–H groups in total. The second kappa shape index (κ2) is 10.8. The summed E-state index contributed by atoms with van der Waals surface area (Å²) in [5.41, 5.74) is 0. The summed E-state index contributed by atoms with van der Waals surface area (Å²) in [6, 6.07) is 0. The van der Waals surface area contributed by atoms with Crippen molar-refractivity contribution in [2.45, 2.75) is 36.3 Å². The molecule has 0 nitrogen and oxygen atoms in total. The van der Waals surface area contributed by atoms with E-state index in [1.807, 2.05) is 0 Å². The van der Waals surface area contributed by atoms with Gasteiger partial charge in [-0.25, -0.2) is 0 Å². The SMILES string of the molecule is CCCCC[CH2][Na].F. The van der Waals surface area contributed by atoms with E-state index in [9.17, 15) is 0 Å². The Labute approximate surface area is 68.8 Å². The number of hydrogen-bond donors (Lipinski definition) is 0. The standard InChI is InChI=1S/C6H13.FH.Na/c1-3-5-6-4-2;;/h1,3-6H2,2H3;1H;. The second-order valence-electron chi connectivity index (χ2n) is 2.06. The molecule has 0 aliphatic heterocycles. The van der Waals surface area contributed by atoms with Crippen LogP contribution in [0.2, 0.25) is 3.67 Å². The summed E-state index contributed by atoms with van der Waals surface area (Å²) in [4.78, 5) is 0. The zero-order valence-corrected chi connectivity index (χ0v) is 7.94. The number of unbranched alkanes of at least 4 members (excludes halogenated alkanes) is 3. The number of rotatable bonds is 4. The fourth-order valence-corrected chi connectivity index (χ4v) is 1.18. The van der Waals surface area contributed by atoms with Gasteiger partial charge in [-0.05, 0) is 0 Å². The Morgan fingerprint density at radius 2 is 1.75 bits per heavy atom. The van der Waals surface area contributed by atoms with Crippen LogP contribution in [0, 0.1) is 0 Å². The molecule has 0 spiro atoms. The maximum Gasteiger partial charge on any atom is -0.269 e. The van der Waals surface area contributed by atoms with Gasteiger partial charge in [0.25, 0.3) is 0 Å². The van der Waals surface area contributed by atoms with Crippen molar-refractivity contribution in [3.05, 3.63) is 0 Å². The molecule has 0 aliphatic carbocycles. The third kappa shape index (κ3) is 10.0. The van der Waals surface area contributed by atoms with Crippen molar-refractivity contribution in [3.8, 4) is 0 Å². The van der Waals surface area contributed by atoms with Gasteiger partial charge in [0.05, 0.1) is 0 Å². The van der Waals surface area contributed by atoms with Gasteiger partial charge in [0, 0.05) is 0 Å². The quantitative estimate of drug-likeness (QED) is 0.402. The van der Waals surface area contributed by atoms with E-state index in [1.165, 1.54) is 57.3 Å². The van der Waals surface area contributed by atoms with E-state index in [-0.39, 0.29) is 4.70 Å². The van der Waals surface area contributed by atoms with Crippen LogP contribution in [-0.2, 0) is 0 Å². The summed E-state index contributed by atoms with van der Waals surface area (Å²) in [6.45, 7) is 2.26. The van der Waals surface area contributed by atoms with Crippen molar-refractivity contribution in [2.24, 2.45) is 0 Å². The number of halogens is 1. The van der Waals surface area contributed by atoms with Gasteiger partial charge in [-0.15, -0.1) is 0 Å². The first-order valence-electron chi connectivity index (χ1n) is 3.41. The average molecular weight is 128 g/mol. The van der Waals surface area contributed by atoms with Crippen LogP contribution in [0.25, 0.3) is 0 Å². The van der Waals surface area contributed by atoms with E-state index < -0.39 is 0 Å². The molecule has 0 amide bonds. The molecule has 0 saturated carbocycles. The van der Waals surface area contributed by atoms with Gasteiger partial charge in [-0.2, -0.15) is 0 Å². The van der Waals surface area contributed by atoms with E-state index in [1.54, 1.807) is 0 Å². The molecule has 0 saturated heterocycles. The fourth-order valence-electron chi connectivity index (χ4n) is 0.677. The van der Waals surface area contributed by atoms with E-state index >= 15 is 0 Å². The molecular weight excluding hydrogens is 114 g/mol. The van der Waals surface area contributed by atoms with Crippen LogP contribution in [0.1, 0.15) is 32.6 Å². The average Bonchev–Trinajstić information content (AvgIpc) is 1.69. The molecule has 0 fully saturated rings. The first-order chi connectivity index (χ1) is 3.41. The van der Waals surface area contributed by atoms with Crippen LogP contribution in [-0.4, -0.2) is 27.9 Å². The van der Waals surface area contributed by atoms with Crippen LogP contribution in [0.4, 0.5) is 4.70 Å². The Kier molecular flexibility index (Phi) is 15.8. The Morgan fingerprint density at radius 3 is 2.12 bits per heavy atom. The van der Waals surface area contributed by atoms with Gasteiger partial charge < -0.3 is 0 Å². The summed E-state index contributed by atoms with van der Waals surface area (Å²) in [5, 5.41) is 0. The maximum absolute atomic E-state index is 2.26. The Hall–Kier alpha value is 0.930. The summed E-state index contributed by atoms with van der Waals surface area (Å²) in [5.74, 6) is 0. The molecule has 2 heteroatoms. The second-order valence-corrected chi connectivity index (χ2v) is 3.06. The third-order valence-corrected chi connectivity index (χ3v) is 1.91. The first-order valence-corrected chi connectivity index (χ1v) is 4.83. The van der Waals surface area contributed by atoms with Gasteiger partial charge >= 0.3 is 64.2 Å². The zero-order valence-electron chi connectivity index (χ0n) is 5.94. The minimum atomic E-state index is 0. The predicted octanol–water partition coefficient (Wildman–Crippen LogP) is 2.31. The molecule has 0 aromatic carbocycles. The summed E-state index contributed by atoms with van der Waals surface area (Å²) >= 11 is 1.41. The normalized spacial score (nSPS) is 8.38. The van der Waals surface area contributed by atoms with Gasteiger partial charge in [0.15, 0.2) is 0 Å². The molecule has 0 bridgehead atoms. The van der Waals surface area contributed by atoms with E-state index in [4.69, 9.17) is 0 Å². The maximum atomic E-state index is 2.26. The molecule has 0 unspecified atom stereocenters. The van der Waals surface area contributed by atoms with Crippen LogP contribution in [0.3, 0.4) is 0 Å². The largest absolute Gasteiger partial charge is 0.269 e. The number of hydrogen-bond acceptors (Lipinski definition) is 0. The minimum Gasteiger partial charge on any atom is -0.269 e. The molecule has 0 aromatic heterocycles. The van der Waals surface area contributed by atoms with Crippen molar-refractivity contribution >= 4 is 27.9 Å². The summed E-state index contributed by atoms with van der Waals surface area (Å²) in [6.07, 6.45) is 5.78. The fraction of sp³-hybridized carbons (Fsp3) is 1.00. The van der Waals surface area contributed by atoms with Crippen molar-refractivity contribution in [1.29, 1.82) is 0 Å². The molecular formula is C6H14FNa. The molecule has 0 aromatic rings. The Balaban J connectivity index is 0. The van der Waals surface area contributed by atoms with Gasteiger partial charge in [0.1, 0.15) is 0 Å². The zero-order chi connectivity index (χ0) is 5.54. The Bertz CT molecular complexity index is 27.7. The van der Waals surface area contributed by atoms with Gasteiger partial charge in [-0.3, -0.25) is 4.70 Å². The van der Waals surface area contributed by atoms with Crippen molar-refractivity contribution in [2.75, 3.05) is 0 Å². The molecule has 0 radical (unpaired) electrons. The molecule has 0 aliphatic rings. The van der Waals surface area contributed by atoms with E-state index in [2.05, 4.69) is 6.92 Å². The minimum absolute atomic E-state index is 0. The van der Waals surface area contributed by atoms with Crippen LogP contribution in [0.5, 0.6) is 0 Å². The van der Waals surface area contributed by atoms with Crippen LogP contribution < -0.4 is 0 Å². The van der Waals surface area contributed by atoms with E-state index in [0.717, 1.165) is 0 Å². The van der Waals surface area contributed by atoms with Crippen molar-refractivity contribution in [1.82, 2.24) is 0 Å². The monoisotopic (exact) mass is 128 g/mol. The molecule has 0 heterocycles. The van der Waals surface area contributed by atoms with Crippen molar-refractivity contribution in [3.63, 3.8) is 0 Å². The van der Waals surface area contributed by atoms with Gasteiger partial charge in [-0.1, -0.05) is 0 Å². The van der Waals surface area contributed by atoms with Crippen LogP contribution in [0.15, 0.2) is 0 Å². The summed E-state index contributed by atoms with van der Waals surface area (Å²) < 4.78 is 1.50. The third-order valence-electron chi connectivity index (χ3n) is 1.21. The molecule has 0 rings (SSSR count). The molecule has 0 atom stereocenters. The topological polar surface area (TPSA) is 0 Å². The Morgan fingerprint density at radius 1 is 1.12 bits per heavy atom. The van der Waals surface area contributed by atoms with Crippen LogP contribution >= 0.6 is 0 Å². The first kappa shape index (κ1) is 11.7. The van der Waals surface area contributed by atoms with E-state index in [0.29, 0.717) is 0 Å². The summed E-state index contributed by atoms with van der Waals surface area (Å²) in [7, 11) is 0. The molecule has 46 valence electrons. The smallest absolute Gasteiger partial charge is 0.269 e. The predicted molar refractivity (Wildman–Crippen MR) is 37.2 cm³/mol. The van der Waals surface area contributed by atoms with Crippen molar-refractivity contribution < 1.29 is 4.70 Å². The molecule has 8 heavy (non-hydrogen) atoms. The van der Waals surface area contributed by atoms with Gasteiger partial charge in [0.2, 0.25) is 0 Å².